The molecule has 2 rings (SSSR count). The molecule has 1 aliphatic rings. The second-order valence-electron chi connectivity index (χ2n) is 4.18. The Labute approximate surface area is 96.3 Å². The van der Waals surface area contributed by atoms with Gasteiger partial charge in [0.25, 0.3) is 0 Å². The van der Waals surface area contributed by atoms with Crippen LogP contribution in [0.3, 0.4) is 0 Å². The Morgan fingerprint density at radius 1 is 1.47 bits per heavy atom. The first-order valence-corrected chi connectivity index (χ1v) is 6.69. The summed E-state index contributed by atoms with van der Waals surface area (Å²) >= 11 is 1.91. The summed E-state index contributed by atoms with van der Waals surface area (Å²) in [4.78, 5) is 4.19. The van der Waals surface area contributed by atoms with Crippen LogP contribution in [0, 0.1) is 6.92 Å². The van der Waals surface area contributed by atoms with Crippen LogP contribution in [0.5, 0.6) is 0 Å². The van der Waals surface area contributed by atoms with Crippen molar-refractivity contribution in [3.8, 4) is 0 Å². The molecule has 0 radical (unpaired) electrons. The van der Waals surface area contributed by atoms with Crippen LogP contribution >= 0.6 is 11.3 Å². The molecule has 2 heterocycles. The highest BCUT2D eigenvalue weighted by Crippen LogP contribution is 2.31. The first kappa shape index (κ1) is 11.1. The second-order valence-corrected chi connectivity index (χ2v) is 5.13. The van der Waals surface area contributed by atoms with Gasteiger partial charge in [-0.3, -0.25) is 4.90 Å². The van der Waals surface area contributed by atoms with Crippen molar-refractivity contribution in [2.24, 2.45) is 0 Å². The van der Waals surface area contributed by atoms with E-state index in [-0.39, 0.29) is 0 Å². The van der Waals surface area contributed by atoms with E-state index in [2.05, 4.69) is 35.5 Å². The molecule has 1 N–H and O–H groups in total. The van der Waals surface area contributed by atoms with Crippen molar-refractivity contribution in [1.82, 2.24) is 10.2 Å². The minimum atomic E-state index is 0.645. The highest BCUT2D eigenvalue weighted by Gasteiger charge is 2.22. The molecule has 84 valence electrons. The molecule has 3 heteroatoms. The van der Waals surface area contributed by atoms with Gasteiger partial charge in [0.15, 0.2) is 0 Å². The zero-order chi connectivity index (χ0) is 10.7. The third kappa shape index (κ3) is 2.41. The van der Waals surface area contributed by atoms with Crippen LogP contribution in [-0.2, 0) is 0 Å². The van der Waals surface area contributed by atoms with Crippen molar-refractivity contribution in [2.75, 3.05) is 26.2 Å². The molecule has 1 fully saturated rings. The van der Waals surface area contributed by atoms with Crippen molar-refractivity contribution in [2.45, 2.75) is 26.3 Å². The van der Waals surface area contributed by atoms with E-state index >= 15 is 0 Å². The molecule has 0 aromatic carbocycles. The molecule has 2 nitrogen and oxygen atoms in total. The van der Waals surface area contributed by atoms with Gasteiger partial charge in [0.05, 0.1) is 0 Å². The Kier molecular flexibility index (Phi) is 3.78. The summed E-state index contributed by atoms with van der Waals surface area (Å²) in [6.45, 7) is 9.19. The number of thiophene rings is 1. The molecule has 0 bridgehead atoms. The van der Waals surface area contributed by atoms with E-state index in [9.17, 15) is 0 Å². The van der Waals surface area contributed by atoms with E-state index in [1.165, 1.54) is 25.1 Å². The molecular formula is C12H20N2S. The zero-order valence-electron chi connectivity index (χ0n) is 9.62. The maximum absolute atomic E-state index is 3.42. The molecule has 0 saturated carbocycles. The Morgan fingerprint density at radius 3 is 2.73 bits per heavy atom. The lowest BCUT2D eigenvalue weighted by Gasteiger charge is -2.34. The number of nitrogens with zero attached hydrogens (tertiary/aromatic N) is 1. The molecule has 0 amide bonds. The van der Waals surface area contributed by atoms with Crippen LogP contribution in [0.25, 0.3) is 0 Å². The smallest absolute Gasteiger partial charge is 0.0442 e. The third-order valence-corrected chi connectivity index (χ3v) is 4.30. The average molecular weight is 224 g/mol. The molecule has 1 saturated heterocycles. The van der Waals surface area contributed by atoms with E-state index in [0.717, 1.165) is 13.1 Å². The van der Waals surface area contributed by atoms with Gasteiger partial charge in [-0.2, -0.15) is 0 Å². The molecule has 0 aliphatic carbocycles. The first-order valence-electron chi connectivity index (χ1n) is 5.81. The van der Waals surface area contributed by atoms with Crippen LogP contribution in [0.2, 0.25) is 0 Å². The molecule has 1 aromatic heterocycles. The van der Waals surface area contributed by atoms with Crippen LogP contribution < -0.4 is 5.32 Å². The minimum Gasteiger partial charge on any atom is -0.314 e. The molecule has 1 aliphatic heterocycles. The minimum absolute atomic E-state index is 0.645. The van der Waals surface area contributed by atoms with E-state index in [0.29, 0.717) is 6.04 Å². The van der Waals surface area contributed by atoms with Gasteiger partial charge in [-0.25, -0.2) is 0 Å². The molecular weight excluding hydrogens is 204 g/mol. The van der Waals surface area contributed by atoms with Gasteiger partial charge < -0.3 is 5.32 Å². The molecule has 1 aromatic rings. The predicted octanol–water partition coefficient (Wildman–Crippen LogP) is 2.41. The van der Waals surface area contributed by atoms with Gasteiger partial charge in [0, 0.05) is 37.1 Å². The Hall–Kier alpha value is -0.380. The van der Waals surface area contributed by atoms with Crippen LogP contribution in [0.1, 0.15) is 29.8 Å². The summed E-state index contributed by atoms with van der Waals surface area (Å²) in [7, 11) is 0. The number of nitrogens with one attached hydrogen (secondary N) is 1. The fraction of sp³-hybridized carbons (Fsp3) is 0.667. The van der Waals surface area contributed by atoms with Crippen molar-refractivity contribution in [3.63, 3.8) is 0 Å². The SMILES string of the molecule is CCC(c1sccc1C)N1CCNCC1. The molecule has 1 unspecified atom stereocenters. The van der Waals surface area contributed by atoms with E-state index < -0.39 is 0 Å². The standard InChI is InChI=1S/C12H20N2S/c1-3-11(12-10(2)4-9-15-12)14-7-5-13-6-8-14/h4,9,11,13H,3,5-8H2,1-2H3. The average Bonchev–Trinajstić information content (AvgIpc) is 2.68. The Bertz CT molecular complexity index is 302. The summed E-state index contributed by atoms with van der Waals surface area (Å²) in [6, 6.07) is 2.89. The lowest BCUT2D eigenvalue weighted by Crippen LogP contribution is -2.44. The monoisotopic (exact) mass is 224 g/mol. The largest absolute Gasteiger partial charge is 0.314 e. The summed E-state index contributed by atoms with van der Waals surface area (Å²) in [5.41, 5.74) is 1.46. The highest BCUT2D eigenvalue weighted by molar-refractivity contribution is 7.10. The molecule has 1 atom stereocenters. The number of piperazine rings is 1. The third-order valence-electron chi connectivity index (χ3n) is 3.18. The van der Waals surface area contributed by atoms with Crippen molar-refractivity contribution in [3.05, 3.63) is 21.9 Å². The van der Waals surface area contributed by atoms with Gasteiger partial charge >= 0.3 is 0 Å². The Balaban J connectivity index is 2.12. The number of hydrogen-bond donors (Lipinski definition) is 1. The van der Waals surface area contributed by atoms with Crippen LogP contribution in [-0.4, -0.2) is 31.1 Å². The number of aryl methyl sites for hydroxylation is 1. The molecule has 0 spiro atoms. The maximum Gasteiger partial charge on any atom is 0.0442 e. The van der Waals surface area contributed by atoms with Crippen molar-refractivity contribution >= 4 is 11.3 Å². The summed E-state index contributed by atoms with van der Waals surface area (Å²) in [6.07, 6.45) is 1.22. The van der Waals surface area contributed by atoms with E-state index in [1.807, 2.05) is 11.3 Å². The normalized spacial score (nSPS) is 20.4. The van der Waals surface area contributed by atoms with E-state index in [4.69, 9.17) is 0 Å². The fourth-order valence-corrected chi connectivity index (χ4v) is 3.47. The number of rotatable bonds is 3. The van der Waals surface area contributed by atoms with Gasteiger partial charge in [0.1, 0.15) is 0 Å². The highest BCUT2D eigenvalue weighted by atomic mass is 32.1. The second kappa shape index (κ2) is 5.10. The van der Waals surface area contributed by atoms with Gasteiger partial charge in [-0.15, -0.1) is 11.3 Å². The fourth-order valence-electron chi connectivity index (χ4n) is 2.33. The van der Waals surface area contributed by atoms with Crippen molar-refractivity contribution in [1.29, 1.82) is 0 Å². The molecule has 15 heavy (non-hydrogen) atoms. The topological polar surface area (TPSA) is 15.3 Å². The summed E-state index contributed by atoms with van der Waals surface area (Å²) in [5.74, 6) is 0. The van der Waals surface area contributed by atoms with Gasteiger partial charge in [-0.1, -0.05) is 6.92 Å². The quantitative estimate of drug-likeness (QED) is 0.848. The summed E-state index contributed by atoms with van der Waals surface area (Å²) < 4.78 is 0. The maximum atomic E-state index is 3.42. The van der Waals surface area contributed by atoms with E-state index in [1.54, 1.807) is 4.88 Å². The van der Waals surface area contributed by atoms with Crippen LogP contribution in [0.4, 0.5) is 0 Å². The zero-order valence-corrected chi connectivity index (χ0v) is 10.4. The van der Waals surface area contributed by atoms with Crippen molar-refractivity contribution < 1.29 is 0 Å². The predicted molar refractivity (Wildman–Crippen MR) is 66.5 cm³/mol. The van der Waals surface area contributed by atoms with Crippen LogP contribution in [0.15, 0.2) is 11.4 Å². The van der Waals surface area contributed by atoms with Gasteiger partial charge in [0.2, 0.25) is 0 Å². The first-order chi connectivity index (χ1) is 7.33. The Morgan fingerprint density at radius 2 is 2.20 bits per heavy atom. The summed E-state index contributed by atoms with van der Waals surface area (Å²) in [5, 5.41) is 5.63. The number of hydrogen-bond acceptors (Lipinski definition) is 3. The van der Waals surface area contributed by atoms with Gasteiger partial charge in [-0.05, 0) is 30.4 Å². The lowest BCUT2D eigenvalue weighted by atomic mass is 10.1. The lowest BCUT2D eigenvalue weighted by molar-refractivity contribution is 0.171.